The fourth-order valence-corrected chi connectivity index (χ4v) is 5.03. The van der Waals surface area contributed by atoms with Gasteiger partial charge in [0, 0.05) is 27.9 Å². The van der Waals surface area contributed by atoms with E-state index in [2.05, 4.69) is 15.5 Å². The number of anilines is 2. The summed E-state index contributed by atoms with van der Waals surface area (Å²) in [5.41, 5.74) is 1.53. The molecule has 10 nitrogen and oxygen atoms in total. The van der Waals surface area contributed by atoms with Crippen LogP contribution in [0.15, 0.2) is 111 Å². The average molecular weight is 550 g/mol. The summed E-state index contributed by atoms with van der Waals surface area (Å²) in [6.45, 7) is 0. The van der Waals surface area contributed by atoms with E-state index in [1.807, 2.05) is 18.2 Å². The first-order chi connectivity index (χ1) is 18.0. The lowest BCUT2D eigenvalue weighted by Gasteiger charge is -2.13. The molecule has 0 saturated heterocycles. The summed E-state index contributed by atoms with van der Waals surface area (Å²) in [4.78, 5) is -0.842. The molecule has 5 aromatic rings. The van der Waals surface area contributed by atoms with Gasteiger partial charge in [0.2, 0.25) is 0 Å². The minimum atomic E-state index is -4.65. The zero-order valence-electron chi connectivity index (χ0n) is 19.3. The minimum Gasteiger partial charge on any atom is -0.507 e. The van der Waals surface area contributed by atoms with E-state index in [-0.39, 0.29) is 32.8 Å². The molecule has 0 unspecified atom stereocenters. The number of nitrogens with one attached hydrogen (secondary N) is 1. The molecule has 0 atom stereocenters. The largest absolute Gasteiger partial charge is 0.507 e. The van der Waals surface area contributed by atoms with Gasteiger partial charge in [-0.3, -0.25) is 9.11 Å². The number of nitrogens with zero attached hydrogens (tertiary/aromatic N) is 2. The molecule has 4 N–H and O–H groups in total. The molecule has 0 aromatic heterocycles. The fourth-order valence-electron chi connectivity index (χ4n) is 4.00. The molecule has 0 amide bonds. The first-order valence-corrected chi connectivity index (χ1v) is 13.9. The quantitative estimate of drug-likeness (QED) is 0.140. The van der Waals surface area contributed by atoms with Crippen molar-refractivity contribution in [2.45, 2.75) is 9.79 Å². The summed E-state index contributed by atoms with van der Waals surface area (Å²) in [5, 5.41) is 23.9. The monoisotopic (exact) mass is 549 g/mol. The molecule has 0 fully saturated rings. The number of fused-ring (bicyclic) bond motifs is 2. The normalized spacial score (nSPS) is 12.4. The third-order valence-corrected chi connectivity index (χ3v) is 7.48. The van der Waals surface area contributed by atoms with Crippen molar-refractivity contribution in [2.24, 2.45) is 10.2 Å². The molecule has 0 spiro atoms. The van der Waals surface area contributed by atoms with Gasteiger partial charge in [0.15, 0.2) is 0 Å². The first kappa shape index (κ1) is 25.3. The molecule has 0 saturated carbocycles. The Morgan fingerprint density at radius 1 is 0.632 bits per heavy atom. The predicted molar refractivity (Wildman–Crippen MR) is 143 cm³/mol. The second-order valence-electron chi connectivity index (χ2n) is 8.30. The van der Waals surface area contributed by atoms with E-state index in [1.165, 1.54) is 24.3 Å². The van der Waals surface area contributed by atoms with Gasteiger partial charge in [-0.25, -0.2) is 0 Å². The Hall–Kier alpha value is -4.36. The third-order valence-electron chi connectivity index (χ3n) is 5.80. The Bertz CT molecular complexity index is 1960. The number of phenols is 1. The molecular weight excluding hydrogens is 530 g/mol. The van der Waals surface area contributed by atoms with Gasteiger partial charge in [0.05, 0.1) is 21.2 Å². The molecule has 12 heteroatoms. The average Bonchev–Trinajstić information content (AvgIpc) is 2.87. The van der Waals surface area contributed by atoms with Crippen LogP contribution in [0.2, 0.25) is 0 Å². The Morgan fingerprint density at radius 3 is 2.05 bits per heavy atom. The molecule has 0 aliphatic rings. The number of hydrogen-bond donors (Lipinski definition) is 4. The van der Waals surface area contributed by atoms with Crippen molar-refractivity contribution in [3.8, 4) is 5.75 Å². The van der Waals surface area contributed by atoms with E-state index in [4.69, 9.17) is 0 Å². The zero-order chi connectivity index (χ0) is 27.1. The van der Waals surface area contributed by atoms with Crippen molar-refractivity contribution in [3.63, 3.8) is 0 Å². The molecular formula is C26H19N3O7S2. The number of para-hydroxylation sites is 1. The molecule has 192 valence electrons. The SMILES string of the molecule is O=S(=O)(O)c1ccc2cccc(N=Nc3c(Nc4ccccc4)ccc4c(O)cc(S(=O)(=O)O)cc34)c2c1. The first-order valence-electron chi connectivity index (χ1n) is 11.0. The molecule has 38 heavy (non-hydrogen) atoms. The van der Waals surface area contributed by atoms with Crippen LogP contribution in [-0.4, -0.2) is 31.0 Å². The molecule has 0 heterocycles. The number of rotatable bonds is 6. The van der Waals surface area contributed by atoms with Crippen LogP contribution in [0.1, 0.15) is 0 Å². The second kappa shape index (κ2) is 9.50. The molecule has 0 aliphatic carbocycles. The van der Waals surface area contributed by atoms with Crippen LogP contribution in [0.3, 0.4) is 0 Å². The second-order valence-corrected chi connectivity index (χ2v) is 11.1. The molecule has 5 aromatic carbocycles. The van der Waals surface area contributed by atoms with Gasteiger partial charge in [-0.05, 0) is 53.9 Å². The Labute approximate surface area is 217 Å². The van der Waals surface area contributed by atoms with Crippen LogP contribution in [0.5, 0.6) is 5.75 Å². The van der Waals surface area contributed by atoms with Crippen molar-refractivity contribution in [2.75, 3.05) is 5.32 Å². The van der Waals surface area contributed by atoms with E-state index in [0.29, 0.717) is 22.1 Å². The highest BCUT2D eigenvalue weighted by Crippen LogP contribution is 2.42. The summed E-state index contributed by atoms with van der Waals surface area (Å²) >= 11 is 0. The summed E-state index contributed by atoms with van der Waals surface area (Å²) in [6.07, 6.45) is 0. The molecule has 0 bridgehead atoms. The summed E-state index contributed by atoms with van der Waals surface area (Å²) < 4.78 is 66.2. The summed E-state index contributed by atoms with van der Waals surface area (Å²) in [5.74, 6) is -0.388. The van der Waals surface area contributed by atoms with Crippen molar-refractivity contribution in [1.29, 1.82) is 0 Å². The molecule has 5 rings (SSSR count). The number of hydrogen-bond acceptors (Lipinski definition) is 8. The predicted octanol–water partition coefficient (Wildman–Crippen LogP) is 6.35. The highest BCUT2D eigenvalue weighted by molar-refractivity contribution is 7.86. The highest BCUT2D eigenvalue weighted by atomic mass is 32.2. The highest BCUT2D eigenvalue weighted by Gasteiger charge is 2.18. The number of aromatic hydroxyl groups is 1. The van der Waals surface area contributed by atoms with Crippen LogP contribution in [0, 0.1) is 0 Å². The molecule has 0 radical (unpaired) electrons. The van der Waals surface area contributed by atoms with Crippen LogP contribution in [0.4, 0.5) is 22.7 Å². The zero-order valence-corrected chi connectivity index (χ0v) is 21.0. The summed E-state index contributed by atoms with van der Waals surface area (Å²) in [6, 6.07) is 23.5. The Balaban J connectivity index is 1.74. The van der Waals surface area contributed by atoms with Crippen LogP contribution in [-0.2, 0) is 20.2 Å². The van der Waals surface area contributed by atoms with E-state index in [1.54, 1.807) is 42.5 Å². The Kier molecular flexibility index (Phi) is 6.33. The van der Waals surface area contributed by atoms with Gasteiger partial charge < -0.3 is 10.4 Å². The maximum atomic E-state index is 11.9. The standard InChI is InChI=1S/C26H19N3O7S2/c30-25-15-19(38(34,35)36)14-22-20(25)11-12-24(27-17-6-2-1-3-7-17)26(22)29-28-23-8-4-5-16-9-10-18(13-21(16)23)37(31,32)33/h1-15,27,30H,(H,31,32,33)(H,34,35,36). The van der Waals surface area contributed by atoms with E-state index < -0.39 is 25.1 Å². The van der Waals surface area contributed by atoms with E-state index >= 15 is 0 Å². The van der Waals surface area contributed by atoms with Gasteiger partial charge in [0.25, 0.3) is 20.2 Å². The fraction of sp³-hybridized carbons (Fsp3) is 0. The molecule has 0 aliphatic heterocycles. The van der Waals surface area contributed by atoms with Crippen LogP contribution < -0.4 is 5.32 Å². The van der Waals surface area contributed by atoms with Crippen LogP contribution in [0.25, 0.3) is 21.5 Å². The number of benzene rings is 5. The van der Waals surface area contributed by atoms with Gasteiger partial charge in [0.1, 0.15) is 11.4 Å². The third kappa shape index (κ3) is 5.06. The lowest BCUT2D eigenvalue weighted by Crippen LogP contribution is -1.98. The number of phenolic OH excluding ortho intramolecular Hbond substituents is 1. The minimum absolute atomic E-state index is 0.148. The van der Waals surface area contributed by atoms with Crippen molar-refractivity contribution in [1.82, 2.24) is 0 Å². The van der Waals surface area contributed by atoms with E-state index in [9.17, 15) is 31.0 Å². The van der Waals surface area contributed by atoms with Gasteiger partial charge in [-0.1, -0.05) is 36.4 Å². The lowest BCUT2D eigenvalue weighted by molar-refractivity contribution is 0.471. The van der Waals surface area contributed by atoms with Gasteiger partial charge >= 0.3 is 0 Å². The van der Waals surface area contributed by atoms with Crippen molar-refractivity contribution in [3.05, 3.63) is 91.0 Å². The Morgan fingerprint density at radius 2 is 1.34 bits per heavy atom. The van der Waals surface area contributed by atoms with E-state index in [0.717, 1.165) is 6.07 Å². The van der Waals surface area contributed by atoms with Crippen molar-refractivity contribution >= 4 is 64.5 Å². The van der Waals surface area contributed by atoms with Crippen molar-refractivity contribution < 1.29 is 31.0 Å². The van der Waals surface area contributed by atoms with Gasteiger partial charge in [-0.15, -0.1) is 10.2 Å². The number of azo groups is 1. The lowest BCUT2D eigenvalue weighted by atomic mass is 10.1. The topological polar surface area (TPSA) is 166 Å². The maximum Gasteiger partial charge on any atom is 0.294 e. The summed E-state index contributed by atoms with van der Waals surface area (Å²) in [7, 11) is -9.12. The van der Waals surface area contributed by atoms with Gasteiger partial charge in [-0.2, -0.15) is 16.8 Å². The smallest absolute Gasteiger partial charge is 0.294 e. The maximum absolute atomic E-state index is 11.9. The van der Waals surface area contributed by atoms with Crippen LogP contribution >= 0.6 is 0 Å².